The Morgan fingerprint density at radius 3 is 3.00 bits per heavy atom. The topological polar surface area (TPSA) is 102 Å². The van der Waals surface area contributed by atoms with Crippen LogP contribution in [0.25, 0.3) is 0 Å². The summed E-state index contributed by atoms with van der Waals surface area (Å²) < 4.78 is 4.90. The molecule has 4 N–H and O–H groups in total. The van der Waals surface area contributed by atoms with E-state index in [4.69, 9.17) is 15.6 Å². The molecule has 6 nitrogen and oxygen atoms in total. The minimum atomic E-state index is -0.545. The number of rotatable bonds is 6. The monoisotopic (exact) mass is 282 g/mol. The molecule has 19 heavy (non-hydrogen) atoms. The quantitative estimate of drug-likeness (QED) is 0.475. The first-order valence-corrected chi connectivity index (χ1v) is 6.34. The maximum Gasteiger partial charge on any atom is 0.252 e. The number of aliphatic hydroxyl groups is 1. The van der Waals surface area contributed by atoms with Gasteiger partial charge in [-0.15, -0.1) is 11.3 Å². The van der Waals surface area contributed by atoms with Gasteiger partial charge in [0.05, 0.1) is 17.0 Å². The van der Waals surface area contributed by atoms with Gasteiger partial charge in [0.15, 0.2) is 0 Å². The van der Waals surface area contributed by atoms with E-state index < -0.39 is 5.91 Å². The first-order chi connectivity index (χ1) is 9.13. The van der Waals surface area contributed by atoms with E-state index in [0.29, 0.717) is 17.0 Å². The molecule has 0 aliphatic rings. The van der Waals surface area contributed by atoms with Crippen molar-refractivity contribution in [3.63, 3.8) is 0 Å². The van der Waals surface area contributed by atoms with Gasteiger partial charge in [-0.3, -0.25) is 9.59 Å². The first-order valence-electron chi connectivity index (χ1n) is 5.46. The highest BCUT2D eigenvalue weighted by molar-refractivity contribution is 7.10. The van der Waals surface area contributed by atoms with Gasteiger partial charge in [-0.2, -0.15) is 0 Å². The Morgan fingerprint density at radius 2 is 2.32 bits per heavy atom. The molecule has 0 aromatic carbocycles. The highest BCUT2D eigenvalue weighted by atomic mass is 32.1. The van der Waals surface area contributed by atoms with Crippen LogP contribution < -0.4 is 11.1 Å². The van der Waals surface area contributed by atoms with Crippen molar-refractivity contribution in [2.75, 3.05) is 26.4 Å². The lowest BCUT2D eigenvalue weighted by Gasteiger charge is -2.03. The normalized spacial score (nSPS) is 9.53. The number of aliphatic hydroxyl groups excluding tert-OH is 1. The Balaban J connectivity index is 2.33. The molecule has 0 aliphatic heterocycles. The molecule has 102 valence electrons. The second kappa shape index (κ2) is 8.26. The van der Waals surface area contributed by atoms with Gasteiger partial charge in [-0.05, 0) is 6.07 Å². The Kier molecular flexibility index (Phi) is 6.60. The lowest BCUT2D eigenvalue weighted by atomic mass is 10.3. The highest BCUT2D eigenvalue weighted by Gasteiger charge is 2.07. The summed E-state index contributed by atoms with van der Waals surface area (Å²) in [6, 6.07) is 1.65. The second-order valence-corrected chi connectivity index (χ2v) is 4.35. The van der Waals surface area contributed by atoms with Crippen LogP contribution in [0, 0.1) is 11.8 Å². The minimum Gasteiger partial charge on any atom is -0.384 e. The zero-order valence-corrected chi connectivity index (χ0v) is 11.0. The second-order valence-electron chi connectivity index (χ2n) is 3.43. The van der Waals surface area contributed by atoms with E-state index in [1.807, 2.05) is 0 Å². The van der Waals surface area contributed by atoms with Gasteiger partial charge in [0.25, 0.3) is 5.91 Å². The van der Waals surface area contributed by atoms with Crippen molar-refractivity contribution in [2.45, 2.75) is 0 Å². The van der Waals surface area contributed by atoms with E-state index in [1.54, 1.807) is 11.4 Å². The molecule has 0 fully saturated rings. The molecule has 0 bridgehead atoms. The van der Waals surface area contributed by atoms with Gasteiger partial charge in [0.1, 0.15) is 13.2 Å². The van der Waals surface area contributed by atoms with E-state index in [-0.39, 0.29) is 25.7 Å². The van der Waals surface area contributed by atoms with E-state index in [1.165, 1.54) is 11.3 Å². The lowest BCUT2D eigenvalue weighted by Crippen LogP contribution is -2.28. The molecule has 1 rings (SSSR count). The summed E-state index contributed by atoms with van der Waals surface area (Å²) in [6.07, 6.45) is 0. The fourth-order valence-corrected chi connectivity index (χ4v) is 1.91. The van der Waals surface area contributed by atoms with E-state index in [2.05, 4.69) is 17.2 Å². The van der Waals surface area contributed by atoms with Crippen LogP contribution in [0.1, 0.15) is 15.2 Å². The van der Waals surface area contributed by atoms with Crippen molar-refractivity contribution in [3.8, 4) is 11.8 Å². The number of ether oxygens (including phenoxy) is 1. The Labute approximate surface area is 114 Å². The molecule has 0 saturated carbocycles. The third kappa shape index (κ3) is 6.01. The van der Waals surface area contributed by atoms with Gasteiger partial charge in [0, 0.05) is 11.9 Å². The van der Waals surface area contributed by atoms with Crippen LogP contribution in [0.4, 0.5) is 0 Å². The number of carbonyl (C=O) groups excluding carboxylic acids is 2. The Hall–Kier alpha value is -1.88. The van der Waals surface area contributed by atoms with Crippen LogP contribution in [0.2, 0.25) is 0 Å². The highest BCUT2D eigenvalue weighted by Crippen LogP contribution is 2.13. The molecule has 0 saturated heterocycles. The number of hydrogen-bond acceptors (Lipinski definition) is 5. The molecule has 1 aromatic rings. The fourth-order valence-electron chi connectivity index (χ4n) is 1.16. The maximum atomic E-state index is 11.7. The first kappa shape index (κ1) is 15.2. The Bertz CT molecular complexity index is 501. The predicted octanol–water partition coefficient (Wildman–Crippen LogP) is -0.676. The molecular weight excluding hydrogens is 268 g/mol. The molecule has 0 aliphatic carbocycles. The molecular formula is C12H14N2O4S. The molecule has 0 atom stereocenters. The predicted molar refractivity (Wildman–Crippen MR) is 70.6 cm³/mol. The summed E-state index contributed by atoms with van der Waals surface area (Å²) in [4.78, 5) is 22.8. The molecule has 2 amide bonds. The number of nitrogens with two attached hydrogens (primary N) is 1. The number of primary amides is 1. The van der Waals surface area contributed by atoms with Crippen molar-refractivity contribution in [1.82, 2.24) is 5.32 Å². The zero-order valence-electron chi connectivity index (χ0n) is 10.1. The van der Waals surface area contributed by atoms with Crippen LogP contribution in [-0.4, -0.2) is 43.3 Å². The van der Waals surface area contributed by atoms with Gasteiger partial charge in [-0.25, -0.2) is 0 Å². The smallest absolute Gasteiger partial charge is 0.252 e. The van der Waals surface area contributed by atoms with Gasteiger partial charge in [0.2, 0.25) is 5.91 Å². The third-order valence-corrected chi connectivity index (χ3v) is 2.77. The van der Waals surface area contributed by atoms with Gasteiger partial charge in [-0.1, -0.05) is 11.8 Å². The molecule has 1 heterocycles. The number of amides is 2. The molecule has 7 heteroatoms. The third-order valence-electron chi connectivity index (χ3n) is 1.93. The molecule has 1 aromatic heterocycles. The van der Waals surface area contributed by atoms with Crippen LogP contribution >= 0.6 is 11.3 Å². The lowest BCUT2D eigenvalue weighted by molar-refractivity contribution is -0.122. The molecule has 0 radical (unpaired) electrons. The van der Waals surface area contributed by atoms with Crippen molar-refractivity contribution in [2.24, 2.45) is 5.73 Å². The van der Waals surface area contributed by atoms with Crippen LogP contribution in [0.15, 0.2) is 11.4 Å². The van der Waals surface area contributed by atoms with E-state index in [0.717, 1.165) is 0 Å². The summed E-state index contributed by atoms with van der Waals surface area (Å²) in [6.45, 7) is 0.140. The largest absolute Gasteiger partial charge is 0.384 e. The standard InChI is InChI=1S/C12H14N2O4S/c13-11(16)7-18-5-3-14-12(17)9-6-10(19-8-9)2-1-4-15/h6,8,15H,3-5,7H2,(H2,13,16)(H,14,17). The number of nitrogens with one attached hydrogen (secondary N) is 1. The summed E-state index contributed by atoms with van der Waals surface area (Å²) >= 11 is 1.33. The Morgan fingerprint density at radius 1 is 1.53 bits per heavy atom. The number of carbonyl (C=O) groups is 2. The average Bonchev–Trinajstić information content (AvgIpc) is 2.84. The van der Waals surface area contributed by atoms with E-state index in [9.17, 15) is 9.59 Å². The summed E-state index contributed by atoms with van der Waals surface area (Å²) in [5.74, 6) is 4.44. The fraction of sp³-hybridized carbons (Fsp3) is 0.333. The van der Waals surface area contributed by atoms with Crippen LogP contribution in [0.3, 0.4) is 0 Å². The van der Waals surface area contributed by atoms with Crippen molar-refractivity contribution < 1.29 is 19.4 Å². The van der Waals surface area contributed by atoms with E-state index >= 15 is 0 Å². The molecule has 0 unspecified atom stereocenters. The number of thiophene rings is 1. The van der Waals surface area contributed by atoms with Crippen LogP contribution in [-0.2, 0) is 9.53 Å². The minimum absolute atomic E-state index is 0.158. The summed E-state index contributed by atoms with van der Waals surface area (Å²) in [5, 5.41) is 12.9. The summed E-state index contributed by atoms with van der Waals surface area (Å²) in [5.41, 5.74) is 5.39. The average molecular weight is 282 g/mol. The maximum absolute atomic E-state index is 11.7. The van der Waals surface area contributed by atoms with Crippen LogP contribution in [0.5, 0.6) is 0 Å². The molecule has 0 spiro atoms. The summed E-state index contributed by atoms with van der Waals surface area (Å²) in [7, 11) is 0. The van der Waals surface area contributed by atoms with Gasteiger partial charge >= 0.3 is 0 Å². The van der Waals surface area contributed by atoms with Crippen molar-refractivity contribution >= 4 is 23.2 Å². The van der Waals surface area contributed by atoms with Crippen molar-refractivity contribution in [3.05, 3.63) is 21.9 Å². The number of hydrogen-bond donors (Lipinski definition) is 3. The van der Waals surface area contributed by atoms with Crippen molar-refractivity contribution in [1.29, 1.82) is 0 Å². The zero-order chi connectivity index (χ0) is 14.1. The SMILES string of the molecule is NC(=O)COCCNC(=O)c1csc(C#CCO)c1. The van der Waals surface area contributed by atoms with Gasteiger partial charge < -0.3 is 20.9 Å².